The second-order valence-corrected chi connectivity index (χ2v) is 6.14. The van der Waals surface area contributed by atoms with Crippen LogP contribution in [0.15, 0.2) is 60.7 Å². The number of carbonyl (C=O) groups is 2. The van der Waals surface area contributed by atoms with E-state index in [0.717, 1.165) is 23.7 Å². The molecule has 0 bridgehead atoms. The summed E-state index contributed by atoms with van der Waals surface area (Å²) in [6.07, 6.45) is 2.03. The van der Waals surface area contributed by atoms with Gasteiger partial charge in [-0.1, -0.05) is 36.4 Å². The molecule has 1 aliphatic rings. The van der Waals surface area contributed by atoms with Gasteiger partial charge in [0.2, 0.25) is 0 Å². The molecule has 3 aromatic rings. The minimum Gasteiger partial charge on any atom is -0.349 e. The molecule has 2 amide bonds. The van der Waals surface area contributed by atoms with E-state index in [0.29, 0.717) is 16.9 Å². The van der Waals surface area contributed by atoms with Crippen molar-refractivity contribution < 1.29 is 9.59 Å². The van der Waals surface area contributed by atoms with Crippen LogP contribution in [0, 0.1) is 0 Å². The maximum atomic E-state index is 12.6. The lowest BCUT2D eigenvalue weighted by Gasteiger charge is -2.11. The van der Waals surface area contributed by atoms with Gasteiger partial charge < -0.3 is 10.6 Å². The molecule has 5 heteroatoms. The summed E-state index contributed by atoms with van der Waals surface area (Å²) in [5.74, 6) is -0.498. The lowest BCUT2D eigenvalue weighted by Crippen LogP contribution is -2.27. The van der Waals surface area contributed by atoms with Crippen LogP contribution in [0.2, 0.25) is 0 Å². The van der Waals surface area contributed by atoms with Crippen LogP contribution in [0.3, 0.4) is 0 Å². The second kappa shape index (κ2) is 6.36. The molecule has 4 rings (SSSR count). The van der Waals surface area contributed by atoms with Gasteiger partial charge in [0, 0.05) is 11.4 Å². The van der Waals surface area contributed by atoms with Crippen molar-refractivity contribution >= 4 is 28.4 Å². The zero-order valence-electron chi connectivity index (χ0n) is 13.5. The molecular formula is C20H17N3O2. The standard InChI is InChI=1S/C20H17N3O2/c24-19(21-14-10-11-14)15-6-2-4-8-17(15)23-20(25)18-12-9-13-5-1-3-7-16(13)22-18/h1-9,12,14H,10-11H2,(H,21,24)(H,23,25). The Morgan fingerprint density at radius 3 is 2.48 bits per heavy atom. The van der Waals surface area contributed by atoms with Crippen LogP contribution in [0.25, 0.3) is 10.9 Å². The van der Waals surface area contributed by atoms with Crippen molar-refractivity contribution in [3.8, 4) is 0 Å². The molecule has 0 radical (unpaired) electrons. The zero-order valence-corrected chi connectivity index (χ0v) is 13.5. The predicted molar refractivity (Wildman–Crippen MR) is 96.6 cm³/mol. The molecule has 1 aliphatic carbocycles. The third-order valence-electron chi connectivity index (χ3n) is 4.16. The molecule has 1 saturated carbocycles. The summed E-state index contributed by atoms with van der Waals surface area (Å²) < 4.78 is 0. The van der Waals surface area contributed by atoms with E-state index in [1.165, 1.54) is 0 Å². The molecule has 1 fully saturated rings. The zero-order chi connectivity index (χ0) is 17.2. The number of rotatable bonds is 4. The van der Waals surface area contributed by atoms with Gasteiger partial charge >= 0.3 is 0 Å². The van der Waals surface area contributed by atoms with Gasteiger partial charge in [-0.05, 0) is 37.1 Å². The van der Waals surface area contributed by atoms with Crippen molar-refractivity contribution in [1.82, 2.24) is 10.3 Å². The lowest BCUT2D eigenvalue weighted by atomic mass is 10.1. The number of fused-ring (bicyclic) bond motifs is 1. The van der Waals surface area contributed by atoms with Crippen molar-refractivity contribution in [2.45, 2.75) is 18.9 Å². The van der Waals surface area contributed by atoms with Crippen LogP contribution < -0.4 is 10.6 Å². The number of hydrogen-bond donors (Lipinski definition) is 2. The van der Waals surface area contributed by atoms with Crippen molar-refractivity contribution in [1.29, 1.82) is 0 Å². The van der Waals surface area contributed by atoms with Crippen LogP contribution in [-0.2, 0) is 0 Å². The molecule has 5 nitrogen and oxygen atoms in total. The van der Waals surface area contributed by atoms with Gasteiger partial charge in [0.15, 0.2) is 0 Å². The Bertz CT molecular complexity index is 964. The first-order valence-corrected chi connectivity index (χ1v) is 8.28. The molecule has 0 aliphatic heterocycles. The first-order chi connectivity index (χ1) is 12.2. The molecule has 0 unspecified atom stereocenters. The molecule has 124 valence electrons. The number of benzene rings is 2. The maximum absolute atomic E-state index is 12.6. The van der Waals surface area contributed by atoms with Gasteiger partial charge in [-0.25, -0.2) is 4.98 Å². The highest BCUT2D eigenvalue weighted by atomic mass is 16.2. The van der Waals surface area contributed by atoms with Gasteiger partial charge in [0.05, 0.1) is 16.8 Å². The molecular weight excluding hydrogens is 314 g/mol. The van der Waals surface area contributed by atoms with Crippen LogP contribution in [0.1, 0.15) is 33.7 Å². The fraction of sp³-hybridized carbons (Fsp3) is 0.150. The summed E-state index contributed by atoms with van der Waals surface area (Å²) in [6, 6.07) is 18.4. The summed E-state index contributed by atoms with van der Waals surface area (Å²) in [4.78, 5) is 29.3. The highest BCUT2D eigenvalue weighted by molar-refractivity contribution is 6.08. The molecule has 1 heterocycles. The molecule has 0 saturated heterocycles. The first-order valence-electron chi connectivity index (χ1n) is 8.28. The number of hydrogen-bond acceptors (Lipinski definition) is 3. The maximum Gasteiger partial charge on any atom is 0.274 e. The molecule has 25 heavy (non-hydrogen) atoms. The molecule has 1 aromatic heterocycles. The Balaban J connectivity index is 1.58. The summed E-state index contributed by atoms with van der Waals surface area (Å²) in [6.45, 7) is 0. The summed E-state index contributed by atoms with van der Waals surface area (Å²) in [5, 5.41) is 6.72. The fourth-order valence-corrected chi connectivity index (χ4v) is 2.66. The minimum absolute atomic E-state index is 0.162. The summed E-state index contributed by atoms with van der Waals surface area (Å²) in [7, 11) is 0. The first kappa shape index (κ1) is 15.3. The Morgan fingerprint density at radius 1 is 0.880 bits per heavy atom. The molecule has 2 N–H and O–H groups in total. The van der Waals surface area contributed by atoms with E-state index in [2.05, 4.69) is 15.6 Å². The number of pyridine rings is 1. The number of anilines is 1. The van der Waals surface area contributed by atoms with E-state index < -0.39 is 0 Å². The van der Waals surface area contributed by atoms with E-state index in [1.807, 2.05) is 30.3 Å². The smallest absolute Gasteiger partial charge is 0.274 e. The average molecular weight is 331 g/mol. The SMILES string of the molecule is O=C(Nc1ccccc1C(=O)NC1CC1)c1ccc2ccccc2n1. The monoisotopic (exact) mass is 331 g/mol. The van der Waals surface area contributed by atoms with Crippen LogP contribution in [0.4, 0.5) is 5.69 Å². The van der Waals surface area contributed by atoms with Crippen molar-refractivity contribution in [2.24, 2.45) is 0 Å². The number of aromatic nitrogens is 1. The van der Waals surface area contributed by atoms with Gasteiger partial charge in [-0.2, -0.15) is 0 Å². The van der Waals surface area contributed by atoms with Gasteiger partial charge in [0.25, 0.3) is 11.8 Å². The van der Waals surface area contributed by atoms with Crippen LogP contribution >= 0.6 is 0 Å². The Labute approximate surface area is 145 Å². The van der Waals surface area contributed by atoms with Gasteiger partial charge in [0.1, 0.15) is 5.69 Å². The van der Waals surface area contributed by atoms with E-state index in [9.17, 15) is 9.59 Å². The topological polar surface area (TPSA) is 71.1 Å². The molecule has 0 atom stereocenters. The number of nitrogens with one attached hydrogen (secondary N) is 2. The number of para-hydroxylation sites is 2. The normalized spacial score (nSPS) is 13.4. The van der Waals surface area contributed by atoms with Crippen molar-refractivity contribution in [3.63, 3.8) is 0 Å². The van der Waals surface area contributed by atoms with Crippen LogP contribution in [0.5, 0.6) is 0 Å². The molecule has 2 aromatic carbocycles. The largest absolute Gasteiger partial charge is 0.349 e. The van der Waals surface area contributed by atoms with E-state index >= 15 is 0 Å². The fourth-order valence-electron chi connectivity index (χ4n) is 2.66. The van der Waals surface area contributed by atoms with E-state index in [-0.39, 0.29) is 17.9 Å². The van der Waals surface area contributed by atoms with E-state index in [1.54, 1.807) is 30.3 Å². The molecule has 0 spiro atoms. The minimum atomic E-state index is -0.336. The van der Waals surface area contributed by atoms with Gasteiger partial charge in [-0.15, -0.1) is 0 Å². The van der Waals surface area contributed by atoms with E-state index in [4.69, 9.17) is 0 Å². The lowest BCUT2D eigenvalue weighted by molar-refractivity contribution is 0.0952. The van der Waals surface area contributed by atoms with Crippen molar-refractivity contribution in [3.05, 3.63) is 71.9 Å². The summed E-state index contributed by atoms with van der Waals surface area (Å²) in [5.41, 5.74) is 2.02. The Kier molecular flexibility index (Phi) is 3.90. The van der Waals surface area contributed by atoms with Crippen LogP contribution in [-0.4, -0.2) is 22.8 Å². The third kappa shape index (κ3) is 3.35. The number of carbonyl (C=O) groups excluding carboxylic acids is 2. The van der Waals surface area contributed by atoms with Crippen molar-refractivity contribution in [2.75, 3.05) is 5.32 Å². The highest BCUT2D eigenvalue weighted by Gasteiger charge is 2.25. The quantitative estimate of drug-likeness (QED) is 0.770. The predicted octanol–water partition coefficient (Wildman–Crippen LogP) is 3.38. The van der Waals surface area contributed by atoms with Gasteiger partial charge in [-0.3, -0.25) is 9.59 Å². The number of amides is 2. The average Bonchev–Trinajstić information content (AvgIpc) is 3.45. The Morgan fingerprint density at radius 2 is 1.64 bits per heavy atom. The third-order valence-corrected chi connectivity index (χ3v) is 4.16. The summed E-state index contributed by atoms with van der Waals surface area (Å²) >= 11 is 0. The Hall–Kier alpha value is -3.21. The number of nitrogens with zero attached hydrogens (tertiary/aromatic N) is 1. The second-order valence-electron chi connectivity index (χ2n) is 6.14. The highest BCUT2D eigenvalue weighted by Crippen LogP contribution is 2.22.